The van der Waals surface area contributed by atoms with Crippen LogP contribution in [0.2, 0.25) is 0 Å². The fraction of sp³-hybridized carbons (Fsp3) is 0.571. The van der Waals surface area contributed by atoms with Crippen LogP contribution < -0.4 is 0 Å². The summed E-state index contributed by atoms with van der Waals surface area (Å²) in [5, 5.41) is 8.50. The van der Waals surface area contributed by atoms with Crippen LogP contribution in [0, 0.1) is 12.8 Å². The minimum atomic E-state index is -1.20. The van der Waals surface area contributed by atoms with Crippen molar-refractivity contribution in [3.8, 4) is 0 Å². The van der Waals surface area contributed by atoms with E-state index in [-0.39, 0.29) is 0 Å². The molecule has 4 heteroatoms. The predicted molar refractivity (Wildman–Crippen MR) is 38.0 cm³/mol. The van der Waals surface area contributed by atoms with Gasteiger partial charge in [-0.2, -0.15) is 0 Å². The molecule has 0 amide bonds. The second-order valence-corrected chi connectivity index (χ2v) is 2.20. The van der Waals surface area contributed by atoms with Crippen molar-refractivity contribution in [2.24, 2.45) is 5.92 Å². The Labute approximate surface area is 65.2 Å². The summed E-state index contributed by atoms with van der Waals surface area (Å²) in [7, 11) is 1.32. The Morgan fingerprint density at radius 2 is 2.00 bits per heavy atom. The van der Waals surface area contributed by atoms with Gasteiger partial charge in [0.25, 0.3) is 0 Å². The van der Waals surface area contributed by atoms with Crippen molar-refractivity contribution in [2.75, 3.05) is 7.11 Å². The maximum absolute atomic E-state index is 10.7. The number of Topliss-reactive ketones (excluding diaryl/α,β-unsaturated/α-hetero) is 1. The highest BCUT2D eigenvalue weighted by Gasteiger charge is 2.28. The molecule has 0 spiro atoms. The molecule has 0 saturated carbocycles. The quantitative estimate of drug-likeness (QED) is 0.592. The van der Waals surface area contributed by atoms with E-state index in [1.165, 1.54) is 14.0 Å². The molecule has 0 rings (SSSR count). The van der Waals surface area contributed by atoms with Crippen molar-refractivity contribution >= 4 is 11.8 Å². The summed E-state index contributed by atoms with van der Waals surface area (Å²) in [6.07, 6.45) is -0.815. The Morgan fingerprint density at radius 3 is 2.09 bits per heavy atom. The van der Waals surface area contributed by atoms with Gasteiger partial charge in [-0.05, 0) is 13.8 Å². The van der Waals surface area contributed by atoms with Crippen LogP contribution in [-0.2, 0) is 14.3 Å². The van der Waals surface area contributed by atoms with Gasteiger partial charge in [0.2, 0.25) is 0 Å². The predicted octanol–water partition coefficient (Wildman–Crippen LogP) is 0.125. The van der Waals surface area contributed by atoms with Crippen LogP contribution >= 0.6 is 0 Å². The van der Waals surface area contributed by atoms with Crippen molar-refractivity contribution in [1.29, 1.82) is 0 Å². The first-order valence-electron chi connectivity index (χ1n) is 3.09. The van der Waals surface area contributed by atoms with Gasteiger partial charge in [-0.3, -0.25) is 9.59 Å². The third-order valence-electron chi connectivity index (χ3n) is 1.38. The lowest BCUT2D eigenvalue weighted by atomic mass is 10.00. The molecule has 1 radical (unpaired) electrons. The summed E-state index contributed by atoms with van der Waals surface area (Å²) in [6, 6.07) is 0. The molecule has 2 unspecified atom stereocenters. The second kappa shape index (κ2) is 4.08. The zero-order valence-electron chi connectivity index (χ0n) is 6.53. The number of carboxylic acids is 1. The van der Waals surface area contributed by atoms with E-state index in [4.69, 9.17) is 5.11 Å². The molecule has 2 atom stereocenters. The maximum Gasteiger partial charge on any atom is 0.316 e. The van der Waals surface area contributed by atoms with E-state index in [1.54, 1.807) is 0 Å². The van der Waals surface area contributed by atoms with Crippen molar-refractivity contribution in [3.05, 3.63) is 6.92 Å². The highest BCUT2D eigenvalue weighted by atomic mass is 16.5. The van der Waals surface area contributed by atoms with Crippen LogP contribution in [-0.4, -0.2) is 30.1 Å². The Balaban J connectivity index is 4.34. The first-order valence-corrected chi connectivity index (χ1v) is 3.09. The van der Waals surface area contributed by atoms with Crippen LogP contribution in [0.1, 0.15) is 6.92 Å². The molecular weight excluding hydrogens is 148 g/mol. The standard InChI is InChI=1S/C7H11O4/c1-4(8)6(7(9)10)5(2)11-3/h5-6H,2H2,1,3H3,(H,9,10). The summed E-state index contributed by atoms with van der Waals surface area (Å²) in [5.41, 5.74) is 0. The molecule has 0 saturated heterocycles. The van der Waals surface area contributed by atoms with E-state index < -0.39 is 23.8 Å². The first-order chi connectivity index (χ1) is 5.00. The van der Waals surface area contributed by atoms with Crippen molar-refractivity contribution in [1.82, 2.24) is 0 Å². The lowest BCUT2D eigenvalue weighted by Gasteiger charge is -2.14. The molecule has 0 bridgehead atoms. The Hall–Kier alpha value is -0.900. The van der Waals surface area contributed by atoms with Crippen LogP contribution in [0.4, 0.5) is 0 Å². The number of rotatable bonds is 4. The smallest absolute Gasteiger partial charge is 0.316 e. The number of aliphatic carboxylic acids is 1. The molecule has 0 aliphatic heterocycles. The van der Waals surface area contributed by atoms with Gasteiger partial charge >= 0.3 is 5.97 Å². The van der Waals surface area contributed by atoms with Gasteiger partial charge in [0, 0.05) is 7.11 Å². The van der Waals surface area contributed by atoms with Crippen LogP contribution in [0.25, 0.3) is 0 Å². The molecule has 0 aliphatic rings. The minimum Gasteiger partial charge on any atom is -0.481 e. The maximum atomic E-state index is 10.7. The largest absolute Gasteiger partial charge is 0.481 e. The van der Waals surface area contributed by atoms with E-state index in [0.29, 0.717) is 0 Å². The van der Waals surface area contributed by atoms with Gasteiger partial charge in [0.05, 0.1) is 6.10 Å². The fourth-order valence-corrected chi connectivity index (χ4v) is 0.731. The van der Waals surface area contributed by atoms with E-state index in [1.807, 2.05) is 0 Å². The Bertz CT molecular complexity index is 150. The monoisotopic (exact) mass is 159 g/mol. The number of hydrogen-bond donors (Lipinski definition) is 1. The molecule has 0 aliphatic carbocycles. The van der Waals surface area contributed by atoms with E-state index in [9.17, 15) is 9.59 Å². The lowest BCUT2D eigenvalue weighted by Crippen LogP contribution is -2.33. The molecule has 11 heavy (non-hydrogen) atoms. The summed E-state index contributed by atoms with van der Waals surface area (Å²) >= 11 is 0. The van der Waals surface area contributed by atoms with Gasteiger partial charge in [-0.1, -0.05) is 0 Å². The van der Waals surface area contributed by atoms with E-state index in [0.717, 1.165) is 0 Å². The zero-order chi connectivity index (χ0) is 9.02. The van der Waals surface area contributed by atoms with Gasteiger partial charge in [0.15, 0.2) is 0 Å². The number of methoxy groups -OCH3 is 1. The molecule has 1 N–H and O–H groups in total. The fourth-order valence-electron chi connectivity index (χ4n) is 0.731. The Morgan fingerprint density at radius 1 is 1.55 bits per heavy atom. The van der Waals surface area contributed by atoms with Crippen molar-refractivity contribution in [2.45, 2.75) is 13.0 Å². The highest BCUT2D eigenvalue weighted by molar-refractivity contribution is 5.97. The van der Waals surface area contributed by atoms with Crippen LogP contribution in [0.3, 0.4) is 0 Å². The number of carbonyl (C=O) groups excluding carboxylic acids is 1. The molecule has 0 aromatic heterocycles. The third-order valence-corrected chi connectivity index (χ3v) is 1.38. The molecule has 0 fully saturated rings. The topological polar surface area (TPSA) is 63.6 Å². The normalized spacial score (nSPS) is 15.5. The number of hydrogen-bond acceptors (Lipinski definition) is 3. The summed E-state index contributed by atoms with van der Waals surface area (Å²) in [4.78, 5) is 21.1. The van der Waals surface area contributed by atoms with Gasteiger partial charge in [0.1, 0.15) is 11.7 Å². The number of ketones is 1. The number of carboxylic acid groups (broad SMARTS) is 1. The van der Waals surface area contributed by atoms with E-state index in [2.05, 4.69) is 11.7 Å². The van der Waals surface area contributed by atoms with Gasteiger partial charge < -0.3 is 9.84 Å². The third kappa shape index (κ3) is 2.67. The molecular formula is C7H11O4. The summed E-state index contributed by atoms with van der Waals surface area (Å²) in [6.45, 7) is 4.58. The molecule has 4 nitrogen and oxygen atoms in total. The molecule has 0 aromatic rings. The van der Waals surface area contributed by atoms with Crippen molar-refractivity contribution in [3.63, 3.8) is 0 Å². The minimum absolute atomic E-state index is 0.445. The number of carbonyl (C=O) groups is 2. The molecule has 0 heterocycles. The summed E-state index contributed by atoms with van der Waals surface area (Å²) < 4.78 is 4.62. The van der Waals surface area contributed by atoms with Gasteiger partial charge in [-0.15, -0.1) is 0 Å². The van der Waals surface area contributed by atoms with E-state index >= 15 is 0 Å². The molecule has 63 valence electrons. The van der Waals surface area contributed by atoms with Gasteiger partial charge in [-0.25, -0.2) is 0 Å². The van der Waals surface area contributed by atoms with Crippen LogP contribution in [0.15, 0.2) is 0 Å². The summed E-state index contributed by atoms with van der Waals surface area (Å²) in [5.74, 6) is -2.79. The molecule has 0 aromatic carbocycles. The first kappa shape index (κ1) is 10.1. The zero-order valence-corrected chi connectivity index (χ0v) is 6.53. The highest BCUT2D eigenvalue weighted by Crippen LogP contribution is 2.07. The van der Waals surface area contributed by atoms with Crippen molar-refractivity contribution < 1.29 is 19.4 Å². The lowest BCUT2D eigenvalue weighted by molar-refractivity contribution is -0.149. The average molecular weight is 159 g/mol. The SMILES string of the molecule is [CH2]C(OC)C(C(C)=O)C(=O)O. The Kier molecular flexibility index (Phi) is 3.74. The number of ether oxygens (including phenoxy) is 1. The van der Waals surface area contributed by atoms with Crippen LogP contribution in [0.5, 0.6) is 0 Å². The second-order valence-electron chi connectivity index (χ2n) is 2.20. The average Bonchev–Trinajstić information content (AvgIpc) is 1.85.